The Morgan fingerprint density at radius 2 is 1.96 bits per heavy atom. The smallest absolute Gasteiger partial charge is 0.191 e. The van der Waals surface area contributed by atoms with Gasteiger partial charge in [-0.15, -0.1) is 0 Å². The topological polar surface area (TPSA) is 49.3 Å². The van der Waals surface area contributed by atoms with E-state index < -0.39 is 0 Å². The number of pyridine rings is 1. The molecule has 1 aromatic heterocycles. The summed E-state index contributed by atoms with van der Waals surface area (Å²) in [4.78, 5) is 8.49. The number of nitrogens with one attached hydrogen (secondary N) is 2. The third kappa shape index (κ3) is 3.94. The van der Waals surface area contributed by atoms with E-state index in [4.69, 9.17) is 0 Å². The Morgan fingerprint density at radius 1 is 1.17 bits per heavy atom. The number of aliphatic imine (C=N–C) groups is 1. The molecular weight excluding hydrogens is 296 g/mol. The number of benzene rings is 1. The minimum Gasteiger partial charge on any atom is -0.356 e. The van der Waals surface area contributed by atoms with Gasteiger partial charge in [-0.05, 0) is 48.9 Å². The van der Waals surface area contributed by atoms with E-state index in [0.717, 1.165) is 25.5 Å². The second-order valence-corrected chi connectivity index (χ2v) is 6.55. The molecule has 0 bridgehead atoms. The van der Waals surface area contributed by atoms with Crippen LogP contribution < -0.4 is 10.6 Å². The summed E-state index contributed by atoms with van der Waals surface area (Å²) in [6, 6.07) is 12.9. The minimum atomic E-state index is 0.292. The maximum absolute atomic E-state index is 4.35. The molecule has 1 aliphatic rings. The maximum atomic E-state index is 4.35. The number of aryl methyl sites for hydroxylation is 1. The molecule has 24 heavy (non-hydrogen) atoms. The molecule has 4 heteroatoms. The van der Waals surface area contributed by atoms with E-state index in [1.807, 2.05) is 19.4 Å². The average molecular weight is 322 g/mol. The lowest BCUT2D eigenvalue weighted by Crippen LogP contribution is -2.42. The Kier molecular flexibility index (Phi) is 5.14. The van der Waals surface area contributed by atoms with Gasteiger partial charge in [0.05, 0.1) is 0 Å². The van der Waals surface area contributed by atoms with Gasteiger partial charge in [0.1, 0.15) is 0 Å². The van der Waals surface area contributed by atoms with Gasteiger partial charge in [-0.2, -0.15) is 0 Å². The molecule has 0 saturated heterocycles. The molecule has 1 saturated carbocycles. The largest absolute Gasteiger partial charge is 0.356 e. The summed E-state index contributed by atoms with van der Waals surface area (Å²) in [5, 5.41) is 6.91. The summed E-state index contributed by atoms with van der Waals surface area (Å²) in [5.41, 5.74) is 4.29. The van der Waals surface area contributed by atoms with E-state index in [9.17, 15) is 0 Å². The van der Waals surface area contributed by atoms with Crippen molar-refractivity contribution in [3.05, 3.63) is 65.5 Å². The van der Waals surface area contributed by atoms with Crippen LogP contribution in [0.15, 0.2) is 53.8 Å². The fourth-order valence-electron chi connectivity index (χ4n) is 3.08. The molecule has 2 aromatic rings. The van der Waals surface area contributed by atoms with Crippen LogP contribution in [0.1, 0.15) is 29.5 Å². The Hall–Kier alpha value is -2.36. The number of rotatable bonds is 6. The Balaban J connectivity index is 1.49. The first kappa shape index (κ1) is 16.5. The van der Waals surface area contributed by atoms with Crippen molar-refractivity contribution in [2.24, 2.45) is 4.99 Å². The number of hydrogen-bond acceptors (Lipinski definition) is 2. The quantitative estimate of drug-likeness (QED) is 0.635. The zero-order valence-electron chi connectivity index (χ0n) is 14.5. The molecule has 126 valence electrons. The zero-order chi connectivity index (χ0) is 16.8. The van der Waals surface area contributed by atoms with E-state index in [-0.39, 0.29) is 0 Å². The molecule has 4 nitrogen and oxygen atoms in total. The first-order valence-electron chi connectivity index (χ1n) is 8.63. The highest BCUT2D eigenvalue weighted by Gasteiger charge is 2.43. The van der Waals surface area contributed by atoms with Crippen molar-refractivity contribution in [2.45, 2.75) is 31.6 Å². The molecule has 0 radical (unpaired) electrons. The second-order valence-electron chi connectivity index (χ2n) is 6.55. The van der Waals surface area contributed by atoms with Gasteiger partial charge < -0.3 is 10.6 Å². The van der Waals surface area contributed by atoms with Crippen LogP contribution in [-0.2, 0) is 11.8 Å². The third-order valence-corrected chi connectivity index (χ3v) is 4.88. The van der Waals surface area contributed by atoms with Gasteiger partial charge in [-0.3, -0.25) is 9.98 Å². The Labute approximate surface area is 144 Å². The van der Waals surface area contributed by atoms with E-state index in [1.165, 1.54) is 29.5 Å². The van der Waals surface area contributed by atoms with Gasteiger partial charge in [0.25, 0.3) is 0 Å². The third-order valence-electron chi connectivity index (χ3n) is 4.88. The summed E-state index contributed by atoms with van der Waals surface area (Å²) in [6.45, 7) is 3.90. The molecule has 1 heterocycles. The van der Waals surface area contributed by atoms with Crippen molar-refractivity contribution >= 4 is 5.96 Å². The number of nitrogens with zero attached hydrogens (tertiary/aromatic N) is 2. The van der Waals surface area contributed by atoms with E-state index in [1.54, 1.807) is 0 Å². The second kappa shape index (κ2) is 7.47. The van der Waals surface area contributed by atoms with Crippen LogP contribution in [0.4, 0.5) is 0 Å². The molecule has 1 aromatic carbocycles. The fraction of sp³-hybridized carbons (Fsp3) is 0.400. The van der Waals surface area contributed by atoms with Crippen LogP contribution in [0.25, 0.3) is 0 Å². The van der Waals surface area contributed by atoms with Gasteiger partial charge in [0.15, 0.2) is 5.96 Å². The monoisotopic (exact) mass is 322 g/mol. The van der Waals surface area contributed by atoms with Crippen LogP contribution in [0, 0.1) is 6.92 Å². The van der Waals surface area contributed by atoms with Crippen LogP contribution >= 0.6 is 0 Å². The van der Waals surface area contributed by atoms with Gasteiger partial charge in [-0.1, -0.05) is 30.3 Å². The molecule has 0 amide bonds. The predicted octanol–water partition coefficient (Wildman–Crippen LogP) is 2.83. The van der Waals surface area contributed by atoms with Crippen LogP contribution in [0.5, 0.6) is 0 Å². The number of aromatic nitrogens is 1. The lowest BCUT2D eigenvalue weighted by molar-refractivity contribution is 0.645. The van der Waals surface area contributed by atoms with E-state index in [2.05, 4.69) is 63.9 Å². The van der Waals surface area contributed by atoms with Crippen LogP contribution in [0.3, 0.4) is 0 Å². The summed E-state index contributed by atoms with van der Waals surface area (Å²) in [5.74, 6) is 0.879. The highest BCUT2D eigenvalue weighted by molar-refractivity contribution is 5.79. The molecule has 2 N–H and O–H groups in total. The van der Waals surface area contributed by atoms with Gasteiger partial charge in [0, 0.05) is 37.9 Å². The standard InChI is InChI=1S/C20H26N4/c1-16-14-22-12-8-17(16)9-13-23-19(21-2)24-15-20(10-11-20)18-6-4-3-5-7-18/h3-8,12,14H,9-11,13,15H2,1-2H3,(H2,21,23,24). The lowest BCUT2D eigenvalue weighted by atomic mass is 9.96. The number of hydrogen-bond donors (Lipinski definition) is 2. The van der Waals surface area contributed by atoms with E-state index >= 15 is 0 Å². The first-order chi connectivity index (χ1) is 11.7. The SMILES string of the molecule is CN=C(NCCc1ccncc1C)NCC1(c2ccccc2)CC1. The van der Waals surface area contributed by atoms with Crippen molar-refractivity contribution in [3.63, 3.8) is 0 Å². The van der Waals surface area contributed by atoms with E-state index in [0.29, 0.717) is 5.41 Å². The van der Waals surface area contributed by atoms with Crippen molar-refractivity contribution in [2.75, 3.05) is 20.1 Å². The lowest BCUT2D eigenvalue weighted by Gasteiger charge is -2.19. The molecular formula is C20H26N4. The minimum absolute atomic E-state index is 0.292. The zero-order valence-corrected chi connectivity index (χ0v) is 14.5. The molecule has 0 spiro atoms. The molecule has 0 atom stereocenters. The van der Waals surface area contributed by atoms with Crippen molar-refractivity contribution in [1.82, 2.24) is 15.6 Å². The highest BCUT2D eigenvalue weighted by atomic mass is 15.2. The molecule has 1 fully saturated rings. The fourth-order valence-corrected chi connectivity index (χ4v) is 3.08. The van der Waals surface area contributed by atoms with Crippen molar-refractivity contribution in [3.8, 4) is 0 Å². The molecule has 1 aliphatic carbocycles. The normalized spacial score (nSPS) is 15.8. The predicted molar refractivity (Wildman–Crippen MR) is 99.4 cm³/mol. The summed E-state index contributed by atoms with van der Waals surface area (Å²) in [7, 11) is 1.83. The summed E-state index contributed by atoms with van der Waals surface area (Å²) in [6.07, 6.45) is 7.23. The number of guanidine groups is 1. The molecule has 3 rings (SSSR count). The average Bonchev–Trinajstić information content (AvgIpc) is 3.41. The highest BCUT2D eigenvalue weighted by Crippen LogP contribution is 2.47. The Bertz CT molecular complexity index is 690. The molecule has 0 unspecified atom stereocenters. The summed E-state index contributed by atoms with van der Waals surface area (Å²) >= 11 is 0. The van der Waals surface area contributed by atoms with Crippen LogP contribution in [0.2, 0.25) is 0 Å². The van der Waals surface area contributed by atoms with Crippen LogP contribution in [-0.4, -0.2) is 31.1 Å². The Morgan fingerprint density at radius 3 is 2.62 bits per heavy atom. The maximum Gasteiger partial charge on any atom is 0.191 e. The van der Waals surface area contributed by atoms with Gasteiger partial charge in [-0.25, -0.2) is 0 Å². The summed E-state index contributed by atoms with van der Waals surface area (Å²) < 4.78 is 0. The van der Waals surface area contributed by atoms with Crippen molar-refractivity contribution < 1.29 is 0 Å². The van der Waals surface area contributed by atoms with Gasteiger partial charge in [0.2, 0.25) is 0 Å². The molecule has 0 aliphatic heterocycles. The first-order valence-corrected chi connectivity index (χ1v) is 8.63. The van der Waals surface area contributed by atoms with Crippen molar-refractivity contribution in [1.29, 1.82) is 0 Å². The van der Waals surface area contributed by atoms with Gasteiger partial charge >= 0.3 is 0 Å².